The molecule has 124 valence electrons. The fourth-order valence-electron chi connectivity index (χ4n) is 1.99. The summed E-state index contributed by atoms with van der Waals surface area (Å²) in [5.74, 6) is -0.359. The Kier molecular flexibility index (Phi) is 6.26. The summed E-state index contributed by atoms with van der Waals surface area (Å²) < 4.78 is 27.8. The molecule has 0 bridgehead atoms. The number of carbonyl (C=O) groups is 1. The molecule has 0 radical (unpaired) electrons. The monoisotopic (exact) mass is 347 g/mol. The molecular formula is C15H22ClNO4S. The summed E-state index contributed by atoms with van der Waals surface area (Å²) in [6.07, 6.45) is -0.308. The molecule has 0 aromatic heterocycles. The Morgan fingerprint density at radius 2 is 2.00 bits per heavy atom. The van der Waals surface area contributed by atoms with Crippen LogP contribution < -0.4 is 5.32 Å². The van der Waals surface area contributed by atoms with Gasteiger partial charge in [-0.2, -0.15) is 0 Å². The second-order valence-electron chi connectivity index (χ2n) is 6.24. The van der Waals surface area contributed by atoms with Gasteiger partial charge in [-0.05, 0) is 39.7 Å². The molecule has 0 heterocycles. The number of halogens is 1. The van der Waals surface area contributed by atoms with Gasteiger partial charge in [-0.25, -0.2) is 13.2 Å². The minimum atomic E-state index is -3.74. The third-order valence-corrected chi connectivity index (χ3v) is 3.86. The lowest BCUT2D eigenvalue weighted by Crippen LogP contribution is -2.43. The van der Waals surface area contributed by atoms with E-state index in [0.29, 0.717) is 6.42 Å². The van der Waals surface area contributed by atoms with Crippen LogP contribution in [0.4, 0.5) is 4.79 Å². The predicted molar refractivity (Wildman–Crippen MR) is 87.7 cm³/mol. The zero-order valence-corrected chi connectivity index (χ0v) is 14.8. The van der Waals surface area contributed by atoms with E-state index in [-0.39, 0.29) is 5.75 Å². The van der Waals surface area contributed by atoms with Crippen molar-refractivity contribution in [3.63, 3.8) is 0 Å². The fraction of sp³-hybridized carbons (Fsp3) is 0.533. The molecule has 22 heavy (non-hydrogen) atoms. The lowest BCUT2D eigenvalue weighted by Gasteiger charge is -2.23. The predicted octanol–water partition coefficient (Wildman–Crippen LogP) is 3.00. The number of carbonyl (C=O) groups excluding carboxylic acids is 1. The van der Waals surface area contributed by atoms with Crippen molar-refractivity contribution in [2.75, 3.05) is 5.75 Å². The van der Waals surface area contributed by atoms with E-state index in [0.717, 1.165) is 11.1 Å². The van der Waals surface area contributed by atoms with E-state index < -0.39 is 26.8 Å². The van der Waals surface area contributed by atoms with E-state index in [2.05, 4.69) is 5.32 Å². The van der Waals surface area contributed by atoms with E-state index in [9.17, 15) is 13.2 Å². The molecule has 1 unspecified atom stereocenters. The highest BCUT2D eigenvalue weighted by Crippen LogP contribution is 2.12. The average molecular weight is 348 g/mol. The Morgan fingerprint density at radius 1 is 1.36 bits per heavy atom. The number of alkyl carbamates (subject to hydrolysis) is 1. The van der Waals surface area contributed by atoms with Crippen molar-refractivity contribution < 1.29 is 17.9 Å². The smallest absolute Gasteiger partial charge is 0.407 e. The van der Waals surface area contributed by atoms with Crippen molar-refractivity contribution in [2.45, 2.75) is 45.8 Å². The molecule has 1 aromatic carbocycles. The molecule has 0 aliphatic heterocycles. The molecular weight excluding hydrogens is 326 g/mol. The maximum atomic E-state index is 11.8. The van der Waals surface area contributed by atoms with Gasteiger partial charge in [0.25, 0.3) is 0 Å². The summed E-state index contributed by atoms with van der Waals surface area (Å²) in [6, 6.07) is 6.98. The van der Waals surface area contributed by atoms with Crippen LogP contribution in [0.2, 0.25) is 0 Å². The molecule has 0 saturated heterocycles. The van der Waals surface area contributed by atoms with Gasteiger partial charge in [0, 0.05) is 10.7 Å². The first kappa shape index (κ1) is 18.8. The standard InChI is InChI=1S/C15H22ClNO4S/c1-11-6-5-7-12(8-11)9-13(10-22(16,19)20)17-14(18)21-15(2,3)4/h5-8,13H,9-10H2,1-4H3,(H,17,18). The lowest BCUT2D eigenvalue weighted by molar-refractivity contribution is 0.0509. The van der Waals surface area contributed by atoms with Gasteiger partial charge in [0.2, 0.25) is 9.05 Å². The number of nitrogens with one attached hydrogen (secondary N) is 1. The molecule has 5 nitrogen and oxygen atoms in total. The summed E-state index contributed by atoms with van der Waals surface area (Å²) in [4.78, 5) is 11.8. The quantitative estimate of drug-likeness (QED) is 0.831. The zero-order valence-electron chi connectivity index (χ0n) is 13.2. The second kappa shape index (κ2) is 7.33. The highest BCUT2D eigenvalue weighted by molar-refractivity contribution is 8.13. The van der Waals surface area contributed by atoms with E-state index in [1.165, 1.54) is 0 Å². The van der Waals surface area contributed by atoms with Gasteiger partial charge in [-0.3, -0.25) is 0 Å². The van der Waals surface area contributed by atoms with Crippen molar-refractivity contribution >= 4 is 25.8 Å². The highest BCUT2D eigenvalue weighted by Gasteiger charge is 2.23. The Hall–Kier alpha value is -1.27. The van der Waals surface area contributed by atoms with Gasteiger partial charge in [0.15, 0.2) is 0 Å². The maximum absolute atomic E-state index is 11.8. The number of hydrogen-bond acceptors (Lipinski definition) is 4. The third-order valence-electron chi connectivity index (χ3n) is 2.69. The Labute approximate surface area is 136 Å². The van der Waals surface area contributed by atoms with Crippen LogP contribution in [0.15, 0.2) is 24.3 Å². The number of amides is 1. The first-order valence-electron chi connectivity index (χ1n) is 6.92. The molecule has 1 N–H and O–H groups in total. The molecule has 0 spiro atoms. The molecule has 1 atom stereocenters. The van der Waals surface area contributed by atoms with Crippen LogP contribution in [0.5, 0.6) is 0 Å². The number of rotatable bonds is 5. The number of aryl methyl sites for hydroxylation is 1. The van der Waals surface area contributed by atoms with Crippen LogP contribution in [0.3, 0.4) is 0 Å². The van der Waals surface area contributed by atoms with Gasteiger partial charge in [0.05, 0.1) is 11.8 Å². The molecule has 0 saturated carbocycles. The summed E-state index contributed by atoms with van der Waals surface area (Å²) in [5, 5.41) is 2.57. The molecule has 1 aromatic rings. The lowest BCUT2D eigenvalue weighted by atomic mass is 10.1. The fourth-order valence-corrected chi connectivity index (χ4v) is 3.13. The van der Waals surface area contributed by atoms with Gasteiger partial charge < -0.3 is 10.1 Å². The van der Waals surface area contributed by atoms with Crippen molar-refractivity contribution in [2.24, 2.45) is 0 Å². The Morgan fingerprint density at radius 3 is 2.50 bits per heavy atom. The average Bonchev–Trinajstić information content (AvgIpc) is 2.22. The van der Waals surface area contributed by atoms with Crippen molar-refractivity contribution in [3.05, 3.63) is 35.4 Å². The van der Waals surface area contributed by atoms with Crippen molar-refractivity contribution in [3.8, 4) is 0 Å². The molecule has 0 aliphatic carbocycles. The van der Waals surface area contributed by atoms with E-state index >= 15 is 0 Å². The van der Waals surface area contributed by atoms with Gasteiger partial charge in [-0.1, -0.05) is 29.8 Å². The maximum Gasteiger partial charge on any atom is 0.407 e. The summed E-state index contributed by atoms with van der Waals surface area (Å²) >= 11 is 0. The number of hydrogen-bond donors (Lipinski definition) is 1. The van der Waals surface area contributed by atoms with E-state index in [1.807, 2.05) is 31.2 Å². The molecule has 1 amide bonds. The van der Waals surface area contributed by atoms with Gasteiger partial charge in [-0.15, -0.1) is 0 Å². The van der Waals surface area contributed by atoms with Crippen LogP contribution in [0.1, 0.15) is 31.9 Å². The Balaban J connectivity index is 2.82. The van der Waals surface area contributed by atoms with E-state index in [4.69, 9.17) is 15.4 Å². The number of ether oxygens (including phenoxy) is 1. The minimum absolute atomic E-state index is 0.354. The molecule has 0 fully saturated rings. The van der Waals surface area contributed by atoms with Gasteiger partial charge in [0.1, 0.15) is 5.60 Å². The minimum Gasteiger partial charge on any atom is -0.444 e. The normalized spacial score (nSPS) is 13.5. The first-order chi connectivity index (χ1) is 9.94. The van der Waals surface area contributed by atoms with Crippen molar-refractivity contribution in [1.82, 2.24) is 5.32 Å². The number of benzene rings is 1. The summed E-state index contributed by atoms with van der Waals surface area (Å²) in [5.41, 5.74) is 1.32. The van der Waals surface area contributed by atoms with E-state index in [1.54, 1.807) is 20.8 Å². The van der Waals surface area contributed by atoms with Crippen LogP contribution in [0.25, 0.3) is 0 Å². The van der Waals surface area contributed by atoms with Crippen LogP contribution in [0, 0.1) is 6.92 Å². The highest BCUT2D eigenvalue weighted by atomic mass is 35.7. The SMILES string of the molecule is Cc1cccc(CC(CS(=O)(=O)Cl)NC(=O)OC(C)(C)C)c1. The van der Waals surface area contributed by atoms with Crippen LogP contribution >= 0.6 is 10.7 Å². The molecule has 1 rings (SSSR count). The topological polar surface area (TPSA) is 72.5 Å². The molecule has 0 aliphatic rings. The second-order valence-corrected chi connectivity index (χ2v) is 9.06. The third kappa shape index (κ3) is 8.24. The zero-order chi connectivity index (χ0) is 17.0. The van der Waals surface area contributed by atoms with Crippen molar-refractivity contribution in [1.29, 1.82) is 0 Å². The summed E-state index contributed by atoms with van der Waals surface area (Å²) in [7, 11) is 1.58. The summed E-state index contributed by atoms with van der Waals surface area (Å²) in [6.45, 7) is 7.15. The first-order valence-corrected chi connectivity index (χ1v) is 9.40. The molecule has 7 heteroatoms. The van der Waals surface area contributed by atoms with Gasteiger partial charge >= 0.3 is 6.09 Å². The largest absolute Gasteiger partial charge is 0.444 e. The Bertz CT molecular complexity index is 623. The van der Waals surface area contributed by atoms with Crippen LogP contribution in [-0.2, 0) is 20.2 Å². The van der Waals surface area contributed by atoms with Crippen LogP contribution in [-0.4, -0.2) is 31.9 Å².